The first kappa shape index (κ1) is 17.9. The zero-order chi connectivity index (χ0) is 19.2. The average molecular weight is 383 g/mol. The lowest BCUT2D eigenvalue weighted by atomic mass is 10.0. The molecule has 4 rings (SSSR count). The van der Waals surface area contributed by atoms with Gasteiger partial charge in [-0.2, -0.15) is 13.2 Å². The standard InChI is InChI=1S/C17H20F3N5O2/c1-9-22-14-13(2-3-21-14)15(23-9)24-12-4-10-6-25(7-11(10)5-12)16(26)27-8-17(18,19)20/h2-3,10-12H,4-8H2,1H3,(H2,21,22,23,24)/t10-,11+,12-. The van der Waals surface area contributed by atoms with Gasteiger partial charge in [0.1, 0.15) is 17.3 Å². The molecule has 1 amide bonds. The summed E-state index contributed by atoms with van der Waals surface area (Å²) in [4.78, 5) is 25.1. The molecule has 10 heteroatoms. The highest BCUT2D eigenvalue weighted by atomic mass is 19.4. The van der Waals surface area contributed by atoms with Gasteiger partial charge >= 0.3 is 12.3 Å². The molecule has 1 aliphatic heterocycles. The summed E-state index contributed by atoms with van der Waals surface area (Å²) in [6, 6.07) is 2.13. The van der Waals surface area contributed by atoms with Crippen LogP contribution in [0, 0.1) is 18.8 Å². The molecular weight excluding hydrogens is 363 g/mol. The van der Waals surface area contributed by atoms with Crippen molar-refractivity contribution in [3.8, 4) is 0 Å². The Balaban J connectivity index is 1.35. The van der Waals surface area contributed by atoms with Gasteiger partial charge in [0.25, 0.3) is 0 Å². The molecule has 2 N–H and O–H groups in total. The molecule has 2 aromatic heterocycles. The number of ether oxygens (including phenoxy) is 1. The lowest BCUT2D eigenvalue weighted by Crippen LogP contribution is -2.34. The zero-order valence-corrected chi connectivity index (χ0v) is 14.7. The average Bonchev–Trinajstić information content (AvgIpc) is 3.25. The summed E-state index contributed by atoms with van der Waals surface area (Å²) in [5.41, 5.74) is 0.779. The van der Waals surface area contributed by atoms with Gasteiger partial charge in [-0.15, -0.1) is 0 Å². The van der Waals surface area contributed by atoms with Crippen LogP contribution in [0.4, 0.5) is 23.8 Å². The fraction of sp³-hybridized carbons (Fsp3) is 0.588. The zero-order valence-electron chi connectivity index (χ0n) is 14.7. The molecule has 2 fully saturated rings. The van der Waals surface area contributed by atoms with Crippen LogP contribution in [0.5, 0.6) is 0 Å². The van der Waals surface area contributed by atoms with E-state index < -0.39 is 18.9 Å². The van der Waals surface area contributed by atoms with Crippen LogP contribution in [0.2, 0.25) is 0 Å². The second-order valence-corrected chi connectivity index (χ2v) is 7.27. The molecule has 3 atom stereocenters. The van der Waals surface area contributed by atoms with Gasteiger partial charge in [-0.05, 0) is 37.7 Å². The van der Waals surface area contributed by atoms with E-state index in [1.165, 1.54) is 4.90 Å². The molecule has 3 heterocycles. The number of nitrogens with one attached hydrogen (secondary N) is 2. The first-order chi connectivity index (χ1) is 12.8. The van der Waals surface area contributed by atoms with Crippen molar-refractivity contribution in [1.82, 2.24) is 19.9 Å². The molecule has 2 aromatic rings. The second kappa shape index (κ2) is 6.58. The molecule has 0 aromatic carbocycles. The number of rotatable bonds is 3. The number of halogens is 3. The SMILES string of the molecule is Cc1nc(N[C@@H]2C[C@@H]3CN(C(=O)OCC(F)(F)F)C[C@@H]3C2)c2cc[nH]c2n1. The Morgan fingerprint density at radius 1 is 1.33 bits per heavy atom. The van der Waals surface area contributed by atoms with Crippen molar-refractivity contribution < 1.29 is 22.7 Å². The van der Waals surface area contributed by atoms with Gasteiger partial charge in [-0.1, -0.05) is 0 Å². The topological polar surface area (TPSA) is 83.1 Å². The third-order valence-corrected chi connectivity index (χ3v) is 5.24. The van der Waals surface area contributed by atoms with E-state index in [-0.39, 0.29) is 17.9 Å². The van der Waals surface area contributed by atoms with Crippen LogP contribution in [-0.4, -0.2) is 57.9 Å². The summed E-state index contributed by atoms with van der Waals surface area (Å²) in [5, 5.41) is 4.40. The molecule has 2 aliphatic rings. The maximum Gasteiger partial charge on any atom is 0.422 e. The molecule has 1 saturated heterocycles. The third-order valence-electron chi connectivity index (χ3n) is 5.24. The molecule has 0 bridgehead atoms. The van der Waals surface area contributed by atoms with E-state index in [9.17, 15) is 18.0 Å². The predicted molar refractivity (Wildman–Crippen MR) is 91.2 cm³/mol. The van der Waals surface area contributed by atoms with Crippen molar-refractivity contribution in [2.75, 3.05) is 25.0 Å². The van der Waals surface area contributed by atoms with Crippen molar-refractivity contribution in [2.24, 2.45) is 11.8 Å². The minimum Gasteiger partial charge on any atom is -0.440 e. The predicted octanol–water partition coefficient (Wildman–Crippen LogP) is 3.09. The first-order valence-corrected chi connectivity index (χ1v) is 8.85. The number of anilines is 1. The van der Waals surface area contributed by atoms with Crippen LogP contribution in [0.1, 0.15) is 18.7 Å². The Bertz CT molecular complexity index is 839. The van der Waals surface area contributed by atoms with Crippen molar-refractivity contribution in [1.29, 1.82) is 0 Å². The summed E-state index contributed by atoms with van der Waals surface area (Å²) >= 11 is 0. The third kappa shape index (κ3) is 3.79. The number of carbonyl (C=O) groups is 1. The van der Waals surface area contributed by atoms with E-state index in [2.05, 4.69) is 25.0 Å². The number of alkyl halides is 3. The molecule has 27 heavy (non-hydrogen) atoms. The molecule has 0 unspecified atom stereocenters. The van der Waals surface area contributed by atoms with E-state index in [1.807, 2.05) is 19.2 Å². The molecule has 1 saturated carbocycles. The number of likely N-dealkylation sites (tertiary alicyclic amines) is 1. The Labute approximate surface area is 153 Å². The number of fused-ring (bicyclic) bond motifs is 2. The summed E-state index contributed by atoms with van der Waals surface area (Å²) in [7, 11) is 0. The van der Waals surface area contributed by atoms with Crippen molar-refractivity contribution in [2.45, 2.75) is 32.0 Å². The molecule has 1 aliphatic carbocycles. The Kier molecular flexibility index (Phi) is 4.35. The maximum absolute atomic E-state index is 12.2. The van der Waals surface area contributed by atoms with Gasteiger partial charge < -0.3 is 19.9 Å². The van der Waals surface area contributed by atoms with Gasteiger partial charge in [-0.3, -0.25) is 0 Å². The summed E-state index contributed by atoms with van der Waals surface area (Å²) in [5.74, 6) is 1.96. The number of aryl methyl sites for hydroxylation is 1. The van der Waals surface area contributed by atoms with E-state index in [0.717, 1.165) is 29.7 Å². The molecule has 7 nitrogen and oxygen atoms in total. The minimum atomic E-state index is -4.50. The molecule has 0 spiro atoms. The van der Waals surface area contributed by atoms with Crippen LogP contribution in [0.3, 0.4) is 0 Å². The summed E-state index contributed by atoms with van der Waals surface area (Å²) in [6.45, 7) is 1.16. The highest BCUT2D eigenvalue weighted by Crippen LogP contribution is 2.40. The fourth-order valence-electron chi connectivity index (χ4n) is 4.16. The van der Waals surface area contributed by atoms with Crippen molar-refractivity contribution in [3.05, 3.63) is 18.1 Å². The Hall–Kier alpha value is -2.52. The monoisotopic (exact) mass is 383 g/mol. The lowest BCUT2D eigenvalue weighted by Gasteiger charge is -2.20. The lowest BCUT2D eigenvalue weighted by molar-refractivity contribution is -0.162. The van der Waals surface area contributed by atoms with Crippen molar-refractivity contribution >= 4 is 22.9 Å². The second-order valence-electron chi connectivity index (χ2n) is 7.27. The number of hydrogen-bond donors (Lipinski definition) is 2. The van der Waals surface area contributed by atoms with E-state index in [0.29, 0.717) is 18.9 Å². The highest BCUT2D eigenvalue weighted by molar-refractivity contribution is 5.87. The van der Waals surface area contributed by atoms with Gasteiger partial charge in [0, 0.05) is 25.3 Å². The fourth-order valence-corrected chi connectivity index (χ4v) is 4.16. The molecular formula is C17H20F3N5O2. The molecule has 0 radical (unpaired) electrons. The van der Waals surface area contributed by atoms with Crippen LogP contribution < -0.4 is 5.32 Å². The number of carbonyl (C=O) groups excluding carboxylic acids is 1. The van der Waals surface area contributed by atoms with Gasteiger partial charge in [0.2, 0.25) is 0 Å². The van der Waals surface area contributed by atoms with Crippen LogP contribution >= 0.6 is 0 Å². The minimum absolute atomic E-state index is 0.209. The number of hydrogen-bond acceptors (Lipinski definition) is 5. The smallest absolute Gasteiger partial charge is 0.422 e. The quantitative estimate of drug-likeness (QED) is 0.851. The first-order valence-electron chi connectivity index (χ1n) is 8.85. The van der Waals surface area contributed by atoms with Crippen LogP contribution in [0.15, 0.2) is 12.3 Å². The Morgan fingerprint density at radius 2 is 2.04 bits per heavy atom. The number of nitrogens with zero attached hydrogens (tertiary/aromatic N) is 3. The van der Waals surface area contributed by atoms with Crippen LogP contribution in [-0.2, 0) is 4.74 Å². The van der Waals surface area contributed by atoms with Gasteiger partial charge in [0.15, 0.2) is 6.61 Å². The highest BCUT2D eigenvalue weighted by Gasteiger charge is 2.43. The van der Waals surface area contributed by atoms with E-state index in [4.69, 9.17) is 0 Å². The van der Waals surface area contributed by atoms with Crippen LogP contribution in [0.25, 0.3) is 11.0 Å². The number of aromatic nitrogens is 3. The van der Waals surface area contributed by atoms with Gasteiger partial charge in [0.05, 0.1) is 5.39 Å². The summed E-state index contributed by atoms with van der Waals surface area (Å²) < 4.78 is 40.9. The number of aromatic amines is 1. The van der Waals surface area contributed by atoms with E-state index in [1.54, 1.807) is 0 Å². The Morgan fingerprint density at radius 3 is 2.70 bits per heavy atom. The maximum atomic E-state index is 12.2. The number of amides is 1. The largest absolute Gasteiger partial charge is 0.440 e. The molecule has 146 valence electrons. The summed E-state index contributed by atoms with van der Waals surface area (Å²) in [6.07, 6.45) is -1.89. The van der Waals surface area contributed by atoms with Gasteiger partial charge in [-0.25, -0.2) is 14.8 Å². The number of H-pyrrole nitrogens is 1. The van der Waals surface area contributed by atoms with E-state index >= 15 is 0 Å². The van der Waals surface area contributed by atoms with Crippen molar-refractivity contribution in [3.63, 3.8) is 0 Å². The normalized spacial score (nSPS) is 25.0.